The zero-order chi connectivity index (χ0) is 10.7. The minimum atomic E-state index is -0.232. The van der Waals surface area contributed by atoms with Crippen molar-refractivity contribution in [2.24, 2.45) is 5.73 Å². The largest absolute Gasteiger partial charge is 0.476 e. The van der Waals surface area contributed by atoms with Crippen molar-refractivity contribution in [2.75, 3.05) is 6.61 Å². The van der Waals surface area contributed by atoms with Crippen LogP contribution in [0.2, 0.25) is 0 Å². The van der Waals surface area contributed by atoms with E-state index in [0.717, 1.165) is 25.7 Å². The Morgan fingerprint density at radius 3 is 2.93 bits per heavy atom. The molecule has 15 heavy (non-hydrogen) atoms. The molecule has 1 aromatic heterocycles. The van der Waals surface area contributed by atoms with Crippen molar-refractivity contribution in [3.05, 3.63) is 22.7 Å². The number of nitrogens with one attached hydrogen (secondary N) is 1. The Morgan fingerprint density at radius 2 is 2.27 bits per heavy atom. The van der Waals surface area contributed by atoms with Gasteiger partial charge in [0.2, 0.25) is 5.88 Å². The average Bonchev–Trinajstić information content (AvgIpc) is 2.63. The first-order valence-corrected chi connectivity index (χ1v) is 5.14. The molecule has 1 aliphatic rings. The van der Waals surface area contributed by atoms with Crippen molar-refractivity contribution in [1.29, 1.82) is 0 Å². The molecule has 0 unspecified atom stereocenters. The average molecular weight is 209 g/mol. The summed E-state index contributed by atoms with van der Waals surface area (Å²) in [6.45, 7) is 0.434. The Labute approximate surface area is 87.7 Å². The third kappa shape index (κ3) is 2.56. The quantitative estimate of drug-likeness (QED) is 0.756. The van der Waals surface area contributed by atoms with Gasteiger partial charge in [-0.1, -0.05) is 12.8 Å². The van der Waals surface area contributed by atoms with Gasteiger partial charge in [0.05, 0.1) is 17.9 Å². The molecule has 5 heteroatoms. The number of H-pyrrole nitrogens is 1. The van der Waals surface area contributed by atoms with Crippen molar-refractivity contribution in [2.45, 2.75) is 31.2 Å². The smallest absolute Gasteiger partial charge is 0.254 e. The molecule has 0 saturated heterocycles. The third-order valence-electron chi connectivity index (χ3n) is 2.76. The molecule has 3 N–H and O–H groups in total. The van der Waals surface area contributed by atoms with Gasteiger partial charge in [0.1, 0.15) is 6.61 Å². The van der Waals surface area contributed by atoms with Crippen molar-refractivity contribution >= 4 is 0 Å². The zero-order valence-electron chi connectivity index (χ0n) is 8.53. The van der Waals surface area contributed by atoms with Gasteiger partial charge in [0.25, 0.3) is 5.56 Å². The van der Waals surface area contributed by atoms with Crippen molar-refractivity contribution in [3.63, 3.8) is 0 Å². The molecule has 0 aromatic carbocycles. The lowest BCUT2D eigenvalue weighted by Gasteiger charge is -2.22. The van der Waals surface area contributed by atoms with Gasteiger partial charge in [-0.15, -0.1) is 0 Å². The van der Waals surface area contributed by atoms with Gasteiger partial charge in [0.15, 0.2) is 0 Å². The monoisotopic (exact) mass is 209 g/mol. The molecule has 0 atom stereocenters. The van der Waals surface area contributed by atoms with Crippen LogP contribution in [0.1, 0.15) is 25.7 Å². The SMILES string of the molecule is NC1(COc2cc(=O)[nH]cn2)CCCC1. The van der Waals surface area contributed by atoms with Crippen LogP contribution in [-0.4, -0.2) is 22.1 Å². The van der Waals surface area contributed by atoms with E-state index >= 15 is 0 Å². The Hall–Kier alpha value is -1.36. The lowest BCUT2D eigenvalue weighted by atomic mass is 10.0. The fraction of sp³-hybridized carbons (Fsp3) is 0.600. The molecule has 82 valence electrons. The van der Waals surface area contributed by atoms with Crippen molar-refractivity contribution in [1.82, 2.24) is 9.97 Å². The van der Waals surface area contributed by atoms with Gasteiger partial charge in [-0.3, -0.25) is 4.79 Å². The highest BCUT2D eigenvalue weighted by molar-refractivity contribution is 5.06. The summed E-state index contributed by atoms with van der Waals surface area (Å²) >= 11 is 0. The Balaban J connectivity index is 1.95. The maximum Gasteiger partial charge on any atom is 0.254 e. The van der Waals surface area contributed by atoms with Crippen molar-refractivity contribution in [3.8, 4) is 5.88 Å². The van der Waals surface area contributed by atoms with E-state index in [4.69, 9.17) is 10.5 Å². The first kappa shape index (κ1) is 10.2. The second-order valence-electron chi connectivity index (χ2n) is 4.11. The Bertz CT molecular complexity index is 382. The first-order chi connectivity index (χ1) is 7.18. The molecular formula is C10H15N3O2. The second-order valence-corrected chi connectivity index (χ2v) is 4.11. The third-order valence-corrected chi connectivity index (χ3v) is 2.76. The number of rotatable bonds is 3. The maximum atomic E-state index is 11.0. The van der Waals surface area contributed by atoms with E-state index in [-0.39, 0.29) is 11.1 Å². The van der Waals surface area contributed by atoms with E-state index in [0.29, 0.717) is 12.5 Å². The van der Waals surface area contributed by atoms with Gasteiger partial charge in [-0.05, 0) is 12.8 Å². The highest BCUT2D eigenvalue weighted by Crippen LogP contribution is 2.27. The molecule has 1 fully saturated rings. The number of ether oxygens (including phenoxy) is 1. The van der Waals surface area contributed by atoms with E-state index in [1.165, 1.54) is 12.4 Å². The van der Waals surface area contributed by atoms with Crippen LogP contribution in [0.25, 0.3) is 0 Å². The van der Waals surface area contributed by atoms with Crippen LogP contribution in [0, 0.1) is 0 Å². The van der Waals surface area contributed by atoms with Crippen LogP contribution in [0.4, 0.5) is 0 Å². The summed E-state index contributed by atoms with van der Waals surface area (Å²) in [6, 6.07) is 1.33. The van der Waals surface area contributed by atoms with E-state index < -0.39 is 0 Å². The summed E-state index contributed by atoms with van der Waals surface area (Å²) in [5.41, 5.74) is 5.66. The van der Waals surface area contributed by atoms with Crippen LogP contribution in [0.15, 0.2) is 17.2 Å². The van der Waals surface area contributed by atoms with Gasteiger partial charge in [0, 0.05) is 0 Å². The molecule has 1 saturated carbocycles. The van der Waals surface area contributed by atoms with Crippen LogP contribution in [0.5, 0.6) is 5.88 Å². The molecule has 1 aromatic rings. The number of aromatic nitrogens is 2. The molecule has 0 spiro atoms. The van der Waals surface area contributed by atoms with Crippen LogP contribution in [-0.2, 0) is 0 Å². The Kier molecular flexibility index (Phi) is 2.73. The predicted molar refractivity (Wildman–Crippen MR) is 55.7 cm³/mol. The van der Waals surface area contributed by atoms with E-state index in [1.807, 2.05) is 0 Å². The van der Waals surface area contributed by atoms with E-state index in [9.17, 15) is 4.79 Å². The molecule has 0 bridgehead atoms. The maximum absolute atomic E-state index is 11.0. The lowest BCUT2D eigenvalue weighted by Crippen LogP contribution is -2.42. The molecule has 2 rings (SSSR count). The van der Waals surface area contributed by atoms with Gasteiger partial charge in [-0.25, -0.2) is 4.98 Å². The predicted octanol–water partition coefficient (Wildman–Crippen LogP) is 0.420. The molecule has 5 nitrogen and oxygen atoms in total. The summed E-state index contributed by atoms with van der Waals surface area (Å²) in [4.78, 5) is 17.3. The fourth-order valence-electron chi connectivity index (χ4n) is 1.87. The summed E-state index contributed by atoms with van der Waals surface area (Å²) in [7, 11) is 0. The van der Waals surface area contributed by atoms with Gasteiger partial charge in [-0.2, -0.15) is 0 Å². The summed E-state index contributed by atoms with van der Waals surface area (Å²) in [5.74, 6) is 0.343. The fourth-order valence-corrected chi connectivity index (χ4v) is 1.87. The van der Waals surface area contributed by atoms with Crippen LogP contribution < -0.4 is 16.0 Å². The highest BCUT2D eigenvalue weighted by Gasteiger charge is 2.30. The van der Waals surface area contributed by atoms with E-state index in [2.05, 4.69) is 9.97 Å². The van der Waals surface area contributed by atoms with Gasteiger partial charge < -0.3 is 15.5 Å². The number of nitrogens with zero attached hydrogens (tertiary/aromatic N) is 1. The van der Waals surface area contributed by atoms with Gasteiger partial charge >= 0.3 is 0 Å². The normalized spacial score (nSPS) is 19.0. The highest BCUT2D eigenvalue weighted by atomic mass is 16.5. The second kappa shape index (κ2) is 4.02. The molecular weight excluding hydrogens is 194 g/mol. The minimum Gasteiger partial charge on any atom is -0.476 e. The molecule has 0 amide bonds. The van der Waals surface area contributed by atoms with E-state index in [1.54, 1.807) is 0 Å². The number of aromatic amines is 1. The lowest BCUT2D eigenvalue weighted by molar-refractivity contribution is 0.213. The summed E-state index contributed by atoms with van der Waals surface area (Å²) < 4.78 is 5.42. The van der Waals surface area contributed by atoms with Crippen molar-refractivity contribution < 1.29 is 4.74 Å². The summed E-state index contributed by atoms with van der Waals surface area (Å²) in [5, 5.41) is 0. The molecule has 1 aliphatic carbocycles. The molecule has 0 aliphatic heterocycles. The standard InChI is InChI=1S/C10H15N3O2/c11-10(3-1-2-4-10)6-15-9-5-8(14)12-7-13-9/h5,7H,1-4,6,11H2,(H,12,13,14). The van der Waals surface area contributed by atoms with Crippen LogP contribution in [0.3, 0.4) is 0 Å². The number of nitrogens with two attached hydrogens (primary N) is 1. The molecule has 0 radical (unpaired) electrons. The first-order valence-electron chi connectivity index (χ1n) is 5.14. The topological polar surface area (TPSA) is 81.0 Å². The minimum absolute atomic E-state index is 0.211. The molecule has 1 heterocycles. The number of hydrogen-bond acceptors (Lipinski definition) is 4. The van der Waals surface area contributed by atoms with Crippen LogP contribution >= 0.6 is 0 Å². The Morgan fingerprint density at radius 1 is 1.53 bits per heavy atom. The number of hydrogen-bond donors (Lipinski definition) is 2. The zero-order valence-corrected chi connectivity index (χ0v) is 8.53. The summed E-state index contributed by atoms with van der Waals surface area (Å²) in [6.07, 6.45) is 5.60.